The van der Waals surface area contributed by atoms with Gasteiger partial charge < -0.3 is 0 Å². The van der Waals surface area contributed by atoms with Gasteiger partial charge in [-0.25, -0.2) is 0 Å². The number of carbonyl (C=O) groups excluding carboxylic acids is 4. The third kappa shape index (κ3) is 1.94. The van der Waals surface area contributed by atoms with Crippen LogP contribution >= 0.6 is 0 Å². The van der Waals surface area contributed by atoms with Crippen LogP contribution in [0, 0.1) is 17.3 Å². The molecule has 0 aromatic heterocycles. The molecule has 22 heavy (non-hydrogen) atoms. The predicted octanol–water partition coefficient (Wildman–Crippen LogP) is 0.470. The molecule has 2 aliphatic heterocycles. The van der Waals surface area contributed by atoms with E-state index >= 15 is 0 Å². The Morgan fingerprint density at radius 3 is 1.95 bits per heavy atom. The van der Waals surface area contributed by atoms with E-state index in [0.29, 0.717) is 0 Å². The Balaban J connectivity index is 2.00. The molecule has 3 rings (SSSR count). The molecule has 2 saturated heterocycles. The van der Waals surface area contributed by atoms with Crippen molar-refractivity contribution in [2.45, 2.75) is 20.4 Å². The highest BCUT2D eigenvalue weighted by Gasteiger charge is 2.62. The Hall–Kier alpha value is -2.50. The number of benzene rings is 1. The maximum absolute atomic E-state index is 12.6. The van der Waals surface area contributed by atoms with Crippen molar-refractivity contribution in [1.29, 1.82) is 0 Å². The molecule has 4 amide bonds. The highest BCUT2D eigenvalue weighted by molar-refractivity contribution is 6.22. The number of amides is 4. The Morgan fingerprint density at radius 2 is 1.45 bits per heavy atom. The zero-order valence-corrected chi connectivity index (χ0v) is 12.3. The van der Waals surface area contributed by atoms with Crippen LogP contribution in [0.15, 0.2) is 30.3 Å². The second kappa shape index (κ2) is 4.76. The van der Waals surface area contributed by atoms with Crippen molar-refractivity contribution < 1.29 is 19.2 Å². The smallest absolute Gasteiger partial charge is 0.242 e. The topological polar surface area (TPSA) is 83.6 Å². The van der Waals surface area contributed by atoms with E-state index < -0.39 is 40.9 Å². The van der Waals surface area contributed by atoms with Crippen LogP contribution < -0.4 is 5.32 Å². The fourth-order valence-electron chi connectivity index (χ4n) is 3.31. The number of nitrogens with one attached hydrogen (secondary N) is 1. The van der Waals surface area contributed by atoms with Gasteiger partial charge in [0.1, 0.15) is 11.8 Å². The van der Waals surface area contributed by atoms with Gasteiger partial charge >= 0.3 is 0 Å². The van der Waals surface area contributed by atoms with Crippen LogP contribution in [0.4, 0.5) is 0 Å². The average molecular weight is 300 g/mol. The van der Waals surface area contributed by atoms with Gasteiger partial charge in [-0.15, -0.1) is 0 Å². The monoisotopic (exact) mass is 300 g/mol. The third-order valence-corrected chi connectivity index (χ3v) is 4.47. The molecule has 114 valence electrons. The molecule has 2 heterocycles. The molecule has 1 aromatic carbocycles. The summed E-state index contributed by atoms with van der Waals surface area (Å²) in [6.45, 7) is 3.31. The molecule has 2 aliphatic rings. The van der Waals surface area contributed by atoms with Crippen molar-refractivity contribution in [3.63, 3.8) is 0 Å². The first-order valence-corrected chi connectivity index (χ1v) is 7.08. The van der Waals surface area contributed by atoms with Crippen LogP contribution in [0.1, 0.15) is 19.4 Å². The van der Waals surface area contributed by atoms with E-state index in [4.69, 9.17) is 0 Å². The number of hydrogen-bond acceptors (Lipinski definition) is 4. The number of piperidine rings is 2. The van der Waals surface area contributed by atoms with Gasteiger partial charge in [0.25, 0.3) is 0 Å². The maximum atomic E-state index is 12.6. The summed E-state index contributed by atoms with van der Waals surface area (Å²) in [6, 6.07) is 9.02. The molecule has 0 saturated carbocycles. The van der Waals surface area contributed by atoms with Gasteiger partial charge in [-0.05, 0) is 5.56 Å². The van der Waals surface area contributed by atoms with Crippen molar-refractivity contribution in [3.05, 3.63) is 35.9 Å². The van der Waals surface area contributed by atoms with Gasteiger partial charge in [0, 0.05) is 5.41 Å². The van der Waals surface area contributed by atoms with E-state index in [0.717, 1.165) is 10.5 Å². The van der Waals surface area contributed by atoms with E-state index in [1.54, 1.807) is 38.1 Å². The lowest BCUT2D eigenvalue weighted by atomic mass is 9.62. The maximum Gasteiger partial charge on any atom is 0.242 e. The SMILES string of the molecule is CC1(C)C2C(=O)NC(=O)C1C(=O)N(Cc1ccccc1)C2=O. The van der Waals surface area contributed by atoms with E-state index in [1.807, 2.05) is 6.07 Å². The predicted molar refractivity (Wildman–Crippen MR) is 75.9 cm³/mol. The summed E-state index contributed by atoms with van der Waals surface area (Å²) in [7, 11) is 0. The first kappa shape index (κ1) is 14.4. The highest BCUT2D eigenvalue weighted by Crippen LogP contribution is 2.44. The van der Waals surface area contributed by atoms with E-state index in [9.17, 15) is 19.2 Å². The summed E-state index contributed by atoms with van der Waals surface area (Å²) in [5.41, 5.74) is -0.226. The Morgan fingerprint density at radius 1 is 0.955 bits per heavy atom. The Bertz CT molecular complexity index is 645. The van der Waals surface area contributed by atoms with Gasteiger partial charge in [0.15, 0.2) is 0 Å². The zero-order valence-electron chi connectivity index (χ0n) is 12.3. The zero-order chi connectivity index (χ0) is 16.1. The third-order valence-electron chi connectivity index (χ3n) is 4.47. The summed E-state index contributed by atoms with van der Waals surface area (Å²) >= 11 is 0. The van der Waals surface area contributed by atoms with Crippen molar-refractivity contribution in [2.24, 2.45) is 17.3 Å². The van der Waals surface area contributed by atoms with Crippen LogP contribution in [0.25, 0.3) is 0 Å². The van der Waals surface area contributed by atoms with Gasteiger partial charge in [-0.3, -0.25) is 29.4 Å². The summed E-state index contributed by atoms with van der Waals surface area (Å²) in [4.78, 5) is 50.4. The molecule has 2 fully saturated rings. The van der Waals surface area contributed by atoms with Crippen molar-refractivity contribution in [1.82, 2.24) is 10.2 Å². The highest BCUT2D eigenvalue weighted by atomic mass is 16.2. The normalized spacial score (nSPS) is 26.9. The lowest BCUT2D eigenvalue weighted by Crippen LogP contribution is -2.69. The molecule has 6 nitrogen and oxygen atoms in total. The van der Waals surface area contributed by atoms with Crippen molar-refractivity contribution in [3.8, 4) is 0 Å². The minimum atomic E-state index is -1.02. The number of fused-ring (bicyclic) bond motifs is 2. The number of likely N-dealkylation sites (tertiary alicyclic amines) is 1. The molecule has 0 spiro atoms. The Labute approximate surface area is 127 Å². The quantitative estimate of drug-likeness (QED) is 0.636. The molecule has 1 aromatic rings. The summed E-state index contributed by atoms with van der Waals surface area (Å²) in [5, 5.41) is 2.14. The first-order valence-electron chi connectivity index (χ1n) is 7.08. The molecule has 2 bridgehead atoms. The number of imide groups is 2. The molecular formula is C16H16N2O4. The minimum Gasteiger partial charge on any atom is -0.295 e. The molecule has 0 aliphatic carbocycles. The molecular weight excluding hydrogens is 284 g/mol. The van der Waals surface area contributed by atoms with Crippen molar-refractivity contribution in [2.75, 3.05) is 0 Å². The second-order valence-corrected chi connectivity index (χ2v) is 6.29. The fraction of sp³-hybridized carbons (Fsp3) is 0.375. The van der Waals surface area contributed by atoms with Gasteiger partial charge in [-0.2, -0.15) is 0 Å². The van der Waals surface area contributed by atoms with E-state index in [1.165, 1.54) is 0 Å². The van der Waals surface area contributed by atoms with Crippen LogP contribution in [-0.4, -0.2) is 28.5 Å². The van der Waals surface area contributed by atoms with Gasteiger partial charge in [0.05, 0.1) is 6.54 Å². The van der Waals surface area contributed by atoms with Crippen LogP contribution in [0.5, 0.6) is 0 Å². The lowest BCUT2D eigenvalue weighted by Gasteiger charge is -2.48. The number of carbonyl (C=O) groups is 4. The van der Waals surface area contributed by atoms with Gasteiger partial charge in [-0.1, -0.05) is 44.2 Å². The average Bonchev–Trinajstić information content (AvgIpc) is 2.42. The standard InChI is InChI=1S/C16H16N2O4/c1-16(2)10-12(19)17-13(20)11(16)15(22)18(14(10)21)8-9-6-4-3-5-7-9/h3-7,10-11H,8H2,1-2H3,(H,17,19,20). The fourth-order valence-corrected chi connectivity index (χ4v) is 3.31. The lowest BCUT2D eigenvalue weighted by molar-refractivity contribution is -0.175. The van der Waals surface area contributed by atoms with Crippen LogP contribution in [0.2, 0.25) is 0 Å². The number of rotatable bonds is 2. The summed E-state index contributed by atoms with van der Waals surface area (Å²) in [5.74, 6) is -4.36. The van der Waals surface area contributed by atoms with Crippen molar-refractivity contribution >= 4 is 23.6 Å². The molecule has 6 heteroatoms. The van der Waals surface area contributed by atoms with E-state index in [2.05, 4.69) is 5.32 Å². The number of nitrogens with zero attached hydrogens (tertiary/aromatic N) is 1. The van der Waals surface area contributed by atoms with E-state index in [-0.39, 0.29) is 6.54 Å². The van der Waals surface area contributed by atoms with Crippen LogP contribution in [-0.2, 0) is 25.7 Å². The summed E-state index contributed by atoms with van der Waals surface area (Å²) in [6.07, 6.45) is 0. The molecule has 2 atom stereocenters. The first-order chi connectivity index (χ1) is 10.3. The largest absolute Gasteiger partial charge is 0.295 e. The second-order valence-electron chi connectivity index (χ2n) is 6.29. The molecule has 0 radical (unpaired) electrons. The Kier molecular flexibility index (Phi) is 3.12. The summed E-state index contributed by atoms with van der Waals surface area (Å²) < 4.78 is 0. The molecule has 2 unspecified atom stereocenters. The molecule has 1 N–H and O–H groups in total. The number of hydrogen-bond donors (Lipinski definition) is 1. The minimum absolute atomic E-state index is 0.0716. The van der Waals surface area contributed by atoms with Gasteiger partial charge in [0.2, 0.25) is 23.6 Å². The van der Waals surface area contributed by atoms with Crippen LogP contribution in [0.3, 0.4) is 0 Å².